The monoisotopic (exact) mass is 405 g/mol. The average Bonchev–Trinajstić information content (AvgIpc) is 3.20. The van der Waals surface area contributed by atoms with Crippen LogP contribution in [0.5, 0.6) is 11.5 Å². The van der Waals surface area contributed by atoms with Crippen molar-refractivity contribution < 1.29 is 27.4 Å². The van der Waals surface area contributed by atoms with Gasteiger partial charge in [0.25, 0.3) is 0 Å². The molecule has 1 heterocycles. The van der Waals surface area contributed by atoms with E-state index < -0.39 is 11.7 Å². The van der Waals surface area contributed by atoms with Crippen molar-refractivity contribution in [2.45, 2.75) is 25.1 Å². The number of likely N-dealkylation sites (tertiary alicyclic amines) is 1. The molecule has 0 spiro atoms. The first kappa shape index (κ1) is 20.8. The Bertz CT molecular complexity index is 891. The Hall–Kier alpha value is -2.96. The van der Waals surface area contributed by atoms with Gasteiger partial charge in [0, 0.05) is 24.3 Å². The van der Waals surface area contributed by atoms with E-state index in [2.05, 4.69) is 0 Å². The molecule has 4 nitrogen and oxygen atoms in total. The lowest BCUT2D eigenvalue weighted by molar-refractivity contribution is -0.137. The fourth-order valence-corrected chi connectivity index (χ4v) is 3.49. The lowest BCUT2D eigenvalue weighted by Gasteiger charge is -2.25. The molecule has 0 N–H and O–H groups in total. The number of hydrogen-bond donors (Lipinski definition) is 0. The minimum Gasteiger partial charge on any atom is -0.497 e. The molecule has 1 amide bonds. The topological polar surface area (TPSA) is 38.8 Å². The Labute approximate surface area is 167 Å². The number of rotatable bonds is 5. The molecule has 0 saturated carbocycles. The van der Waals surface area contributed by atoms with E-state index in [1.807, 2.05) is 12.1 Å². The molecule has 1 atom stereocenters. The van der Waals surface area contributed by atoms with Crippen LogP contribution in [0, 0.1) is 0 Å². The third-order valence-corrected chi connectivity index (χ3v) is 4.99. The zero-order chi connectivity index (χ0) is 21.0. The summed E-state index contributed by atoms with van der Waals surface area (Å²) in [6.07, 6.45) is 0.223. The molecular formula is C22H22F3NO3. The quantitative estimate of drug-likeness (QED) is 0.650. The van der Waals surface area contributed by atoms with Gasteiger partial charge in [0.05, 0.1) is 25.8 Å². The summed E-state index contributed by atoms with van der Waals surface area (Å²) < 4.78 is 48.7. The van der Waals surface area contributed by atoms with Gasteiger partial charge in [-0.1, -0.05) is 12.1 Å². The predicted octanol–water partition coefficient (Wildman–Crippen LogP) is 5.10. The molecule has 1 aliphatic heterocycles. The van der Waals surface area contributed by atoms with E-state index in [0.29, 0.717) is 23.6 Å². The van der Waals surface area contributed by atoms with E-state index in [-0.39, 0.29) is 11.9 Å². The van der Waals surface area contributed by atoms with Gasteiger partial charge in [0.15, 0.2) is 0 Å². The van der Waals surface area contributed by atoms with Gasteiger partial charge in [0.2, 0.25) is 5.91 Å². The molecule has 1 fully saturated rings. The van der Waals surface area contributed by atoms with Crippen molar-refractivity contribution in [3.63, 3.8) is 0 Å². The van der Waals surface area contributed by atoms with Crippen molar-refractivity contribution in [2.24, 2.45) is 0 Å². The molecule has 0 radical (unpaired) electrons. The third kappa shape index (κ3) is 4.72. The van der Waals surface area contributed by atoms with Gasteiger partial charge in [-0.05, 0) is 48.7 Å². The number of carbonyl (C=O) groups is 1. The highest BCUT2D eigenvalue weighted by atomic mass is 19.4. The van der Waals surface area contributed by atoms with Crippen molar-refractivity contribution in [3.05, 3.63) is 65.2 Å². The zero-order valence-electron chi connectivity index (χ0n) is 16.2. The molecule has 7 heteroatoms. The molecule has 154 valence electrons. The molecule has 0 bridgehead atoms. The van der Waals surface area contributed by atoms with Crippen LogP contribution in [-0.2, 0) is 11.0 Å². The lowest BCUT2D eigenvalue weighted by atomic mass is 10.0. The van der Waals surface area contributed by atoms with Crippen LogP contribution in [0.25, 0.3) is 6.08 Å². The first-order valence-electron chi connectivity index (χ1n) is 9.21. The van der Waals surface area contributed by atoms with Gasteiger partial charge >= 0.3 is 6.18 Å². The summed E-state index contributed by atoms with van der Waals surface area (Å²) in [5.41, 5.74) is 0.721. The van der Waals surface area contributed by atoms with Crippen LogP contribution in [0.15, 0.2) is 48.5 Å². The molecular weight excluding hydrogens is 383 g/mol. The molecule has 0 aromatic heterocycles. The molecule has 29 heavy (non-hydrogen) atoms. The summed E-state index contributed by atoms with van der Waals surface area (Å²) in [4.78, 5) is 14.5. The van der Waals surface area contributed by atoms with Gasteiger partial charge < -0.3 is 14.4 Å². The van der Waals surface area contributed by atoms with Crippen molar-refractivity contribution in [1.29, 1.82) is 0 Å². The maximum atomic E-state index is 12.7. The maximum Gasteiger partial charge on any atom is 0.416 e. The SMILES string of the molecule is COc1ccc(C2CCCN2C(=O)/C=C/c2ccc(C(F)(F)F)cc2)c(OC)c1. The second kappa shape index (κ2) is 8.59. The smallest absolute Gasteiger partial charge is 0.416 e. The fraction of sp³-hybridized carbons (Fsp3) is 0.318. The molecule has 2 aromatic carbocycles. The van der Waals surface area contributed by atoms with Crippen LogP contribution in [0.2, 0.25) is 0 Å². The Morgan fingerprint density at radius 2 is 1.83 bits per heavy atom. The van der Waals surface area contributed by atoms with E-state index >= 15 is 0 Å². The maximum absolute atomic E-state index is 12.7. The summed E-state index contributed by atoms with van der Waals surface area (Å²) in [5, 5.41) is 0. The Kier molecular flexibility index (Phi) is 6.15. The largest absolute Gasteiger partial charge is 0.497 e. The van der Waals surface area contributed by atoms with Crippen molar-refractivity contribution >= 4 is 12.0 Å². The summed E-state index contributed by atoms with van der Waals surface area (Å²) in [6.45, 7) is 0.607. The van der Waals surface area contributed by atoms with Crippen LogP contribution in [0.3, 0.4) is 0 Å². The standard InChI is InChI=1S/C22H22F3NO3/c1-28-17-10-11-18(20(14-17)29-2)19-4-3-13-26(19)21(27)12-7-15-5-8-16(9-6-15)22(23,24)25/h5-12,14,19H,3-4,13H2,1-2H3/b12-7+. The van der Waals surface area contributed by atoms with E-state index in [1.165, 1.54) is 24.3 Å². The first-order chi connectivity index (χ1) is 13.8. The number of nitrogens with zero attached hydrogens (tertiary/aromatic N) is 1. The first-order valence-corrected chi connectivity index (χ1v) is 9.21. The Morgan fingerprint density at radius 3 is 2.45 bits per heavy atom. The minimum absolute atomic E-state index is 0.124. The van der Waals surface area contributed by atoms with E-state index in [0.717, 1.165) is 30.5 Å². The van der Waals surface area contributed by atoms with Gasteiger partial charge in [-0.25, -0.2) is 0 Å². The number of amides is 1. The minimum atomic E-state index is -4.38. The lowest BCUT2D eigenvalue weighted by Crippen LogP contribution is -2.29. The molecule has 3 rings (SSSR count). The summed E-state index contributed by atoms with van der Waals surface area (Å²) in [5.74, 6) is 1.13. The number of benzene rings is 2. The highest BCUT2D eigenvalue weighted by Gasteiger charge is 2.31. The van der Waals surface area contributed by atoms with Crippen LogP contribution in [-0.4, -0.2) is 31.6 Å². The summed E-state index contributed by atoms with van der Waals surface area (Å²) in [6, 6.07) is 10.1. The van der Waals surface area contributed by atoms with Crippen LogP contribution in [0.1, 0.15) is 35.6 Å². The molecule has 0 aliphatic carbocycles. The average molecular weight is 405 g/mol. The highest BCUT2D eigenvalue weighted by Crippen LogP contribution is 2.38. The number of hydrogen-bond acceptors (Lipinski definition) is 3. The third-order valence-electron chi connectivity index (χ3n) is 4.99. The van der Waals surface area contributed by atoms with Gasteiger partial charge in [-0.15, -0.1) is 0 Å². The summed E-state index contributed by atoms with van der Waals surface area (Å²) >= 11 is 0. The number of halogens is 3. The van der Waals surface area contributed by atoms with E-state index in [9.17, 15) is 18.0 Å². The molecule has 1 aliphatic rings. The summed E-state index contributed by atoms with van der Waals surface area (Å²) in [7, 11) is 3.15. The zero-order valence-corrected chi connectivity index (χ0v) is 16.2. The van der Waals surface area contributed by atoms with Crippen LogP contribution < -0.4 is 9.47 Å². The Balaban J connectivity index is 1.76. The van der Waals surface area contributed by atoms with Gasteiger partial charge in [-0.2, -0.15) is 13.2 Å². The van der Waals surface area contributed by atoms with Crippen molar-refractivity contribution in [1.82, 2.24) is 4.90 Å². The number of carbonyl (C=O) groups excluding carboxylic acids is 1. The molecule has 1 unspecified atom stereocenters. The van der Waals surface area contributed by atoms with Crippen LogP contribution in [0.4, 0.5) is 13.2 Å². The second-order valence-electron chi connectivity index (χ2n) is 6.75. The second-order valence-corrected chi connectivity index (χ2v) is 6.75. The number of alkyl halides is 3. The predicted molar refractivity (Wildman–Crippen MR) is 104 cm³/mol. The van der Waals surface area contributed by atoms with E-state index in [1.54, 1.807) is 25.2 Å². The van der Waals surface area contributed by atoms with Crippen LogP contribution >= 0.6 is 0 Å². The normalized spacial score (nSPS) is 17.0. The number of methoxy groups -OCH3 is 2. The number of ether oxygens (including phenoxy) is 2. The van der Waals surface area contributed by atoms with Gasteiger partial charge in [0.1, 0.15) is 11.5 Å². The molecule has 1 saturated heterocycles. The van der Waals surface area contributed by atoms with Gasteiger partial charge in [-0.3, -0.25) is 4.79 Å². The van der Waals surface area contributed by atoms with Crippen molar-refractivity contribution in [2.75, 3.05) is 20.8 Å². The highest BCUT2D eigenvalue weighted by molar-refractivity contribution is 5.92. The van der Waals surface area contributed by atoms with E-state index in [4.69, 9.17) is 9.47 Å². The Morgan fingerprint density at radius 1 is 1.10 bits per heavy atom. The fourth-order valence-electron chi connectivity index (χ4n) is 3.49. The molecule has 2 aromatic rings. The van der Waals surface area contributed by atoms with Crippen molar-refractivity contribution in [3.8, 4) is 11.5 Å².